The van der Waals surface area contributed by atoms with Crippen LogP contribution in [0.3, 0.4) is 0 Å². The van der Waals surface area contributed by atoms with Gasteiger partial charge < -0.3 is 15.2 Å². The molecule has 1 heterocycles. The number of nitrogens with one attached hydrogen (secondary N) is 2. The van der Waals surface area contributed by atoms with E-state index in [9.17, 15) is 8.42 Å². The first-order chi connectivity index (χ1) is 14.4. The monoisotopic (exact) mass is 428 g/mol. The van der Waals surface area contributed by atoms with Gasteiger partial charge >= 0.3 is 0 Å². The van der Waals surface area contributed by atoms with E-state index in [1.807, 2.05) is 25.1 Å². The number of benzene rings is 2. The van der Waals surface area contributed by atoms with Crippen molar-refractivity contribution >= 4 is 27.0 Å². The number of sulfonamides is 1. The average Bonchev–Trinajstić information content (AvgIpc) is 3.04. The first-order valence-electron chi connectivity index (χ1n) is 9.86. The molecule has 160 valence electrons. The number of para-hydroxylation sites is 2. The third-order valence-corrected chi connectivity index (χ3v) is 5.81. The maximum absolute atomic E-state index is 11.3. The topological polar surface area (TPSA) is 114 Å². The lowest BCUT2D eigenvalue weighted by Gasteiger charge is -2.13. The number of nitrogens with zero attached hydrogens (tertiary/aromatic N) is 3. The highest BCUT2D eigenvalue weighted by atomic mass is 32.2. The van der Waals surface area contributed by atoms with E-state index >= 15 is 0 Å². The van der Waals surface area contributed by atoms with Gasteiger partial charge in [-0.05, 0) is 49.6 Å². The predicted octanol–water partition coefficient (Wildman–Crippen LogP) is 1.79. The van der Waals surface area contributed by atoms with Gasteiger partial charge in [0.25, 0.3) is 0 Å². The van der Waals surface area contributed by atoms with Crippen LogP contribution in [0.2, 0.25) is 0 Å². The molecular weight excluding hydrogens is 400 g/mol. The van der Waals surface area contributed by atoms with Gasteiger partial charge in [-0.1, -0.05) is 24.3 Å². The van der Waals surface area contributed by atoms with Crippen LogP contribution in [0.5, 0.6) is 0 Å². The summed E-state index contributed by atoms with van der Waals surface area (Å²) in [6.45, 7) is 4.38. The summed E-state index contributed by atoms with van der Waals surface area (Å²) in [4.78, 5) is 8.97. The second-order valence-corrected chi connectivity index (χ2v) is 8.58. The fraction of sp³-hybridized carbons (Fsp3) is 0.333. The fourth-order valence-corrected chi connectivity index (χ4v) is 3.83. The highest BCUT2D eigenvalue weighted by Crippen LogP contribution is 2.15. The molecule has 4 N–H and O–H groups in total. The number of aliphatic imine (C=N–C) groups is 1. The van der Waals surface area contributed by atoms with Crippen LogP contribution in [0, 0.1) is 6.92 Å². The normalized spacial score (nSPS) is 12.3. The van der Waals surface area contributed by atoms with E-state index in [0.29, 0.717) is 6.54 Å². The third kappa shape index (κ3) is 5.58. The zero-order valence-corrected chi connectivity index (χ0v) is 18.1. The quantitative estimate of drug-likeness (QED) is 0.287. The standard InChI is InChI=1S/C21H28N6O2S/c1-16-26-19-6-3-4-7-20(19)27(16)15-5-13-24-21(23-2)25-14-12-17-8-10-18(11-9-17)30(22,28)29/h3-4,6-11H,5,12-15H2,1-2H3,(H2,22,28,29)(H2,23,24,25). The number of aryl methyl sites for hydroxylation is 2. The molecule has 3 rings (SSSR count). The average molecular weight is 429 g/mol. The molecule has 0 spiro atoms. The fourth-order valence-electron chi connectivity index (χ4n) is 3.31. The number of hydrogen-bond donors (Lipinski definition) is 3. The second kappa shape index (κ2) is 9.73. The number of nitrogens with two attached hydrogens (primary N) is 1. The van der Waals surface area contributed by atoms with Crippen molar-refractivity contribution in [1.82, 2.24) is 20.2 Å². The van der Waals surface area contributed by atoms with Crippen LogP contribution in [0.4, 0.5) is 0 Å². The highest BCUT2D eigenvalue weighted by molar-refractivity contribution is 7.89. The molecule has 1 aromatic heterocycles. The Hall–Kier alpha value is -2.91. The van der Waals surface area contributed by atoms with Crippen LogP contribution in [-0.4, -0.2) is 44.1 Å². The van der Waals surface area contributed by atoms with Crippen molar-refractivity contribution in [3.05, 3.63) is 59.9 Å². The molecule has 0 aliphatic heterocycles. The van der Waals surface area contributed by atoms with Crippen molar-refractivity contribution in [1.29, 1.82) is 0 Å². The van der Waals surface area contributed by atoms with Crippen molar-refractivity contribution in [3.63, 3.8) is 0 Å². The van der Waals surface area contributed by atoms with E-state index in [4.69, 9.17) is 5.14 Å². The van der Waals surface area contributed by atoms with Crippen LogP contribution >= 0.6 is 0 Å². The lowest BCUT2D eigenvalue weighted by atomic mass is 10.1. The molecule has 0 saturated heterocycles. The molecular formula is C21H28N6O2S. The molecule has 0 aliphatic carbocycles. The van der Waals surface area contributed by atoms with E-state index in [1.165, 1.54) is 12.1 Å². The number of fused-ring (bicyclic) bond motifs is 1. The van der Waals surface area contributed by atoms with Gasteiger partial charge in [0.1, 0.15) is 5.82 Å². The Labute approximate surface area is 177 Å². The summed E-state index contributed by atoms with van der Waals surface area (Å²) >= 11 is 0. The minimum Gasteiger partial charge on any atom is -0.356 e. The number of guanidine groups is 1. The van der Waals surface area contributed by atoms with Crippen molar-refractivity contribution in [2.45, 2.75) is 31.2 Å². The second-order valence-electron chi connectivity index (χ2n) is 7.02. The first-order valence-corrected chi connectivity index (χ1v) is 11.4. The molecule has 8 nitrogen and oxygen atoms in total. The Kier molecular flexibility index (Phi) is 7.07. The molecule has 3 aromatic rings. The van der Waals surface area contributed by atoms with Crippen LogP contribution < -0.4 is 15.8 Å². The molecule has 0 atom stereocenters. The van der Waals surface area contributed by atoms with Gasteiger partial charge in [0.05, 0.1) is 15.9 Å². The molecule has 0 fully saturated rings. The number of imidazole rings is 1. The third-order valence-electron chi connectivity index (χ3n) is 4.88. The van der Waals surface area contributed by atoms with Crippen LogP contribution in [0.15, 0.2) is 58.4 Å². The van der Waals surface area contributed by atoms with Crippen LogP contribution in [0.1, 0.15) is 17.8 Å². The Balaban J connectivity index is 1.42. The Morgan fingerprint density at radius 1 is 1.10 bits per heavy atom. The Morgan fingerprint density at radius 3 is 2.50 bits per heavy atom. The number of rotatable bonds is 8. The van der Waals surface area contributed by atoms with Crippen molar-refractivity contribution in [2.24, 2.45) is 10.1 Å². The van der Waals surface area contributed by atoms with E-state index < -0.39 is 10.0 Å². The smallest absolute Gasteiger partial charge is 0.238 e. The highest BCUT2D eigenvalue weighted by Gasteiger charge is 2.07. The molecule has 9 heteroatoms. The van der Waals surface area contributed by atoms with Gasteiger partial charge in [0.15, 0.2) is 5.96 Å². The largest absolute Gasteiger partial charge is 0.356 e. The minimum absolute atomic E-state index is 0.123. The number of primary sulfonamides is 1. The summed E-state index contributed by atoms with van der Waals surface area (Å²) in [5.74, 6) is 1.76. The van der Waals surface area contributed by atoms with Crippen molar-refractivity contribution in [3.8, 4) is 0 Å². The maximum Gasteiger partial charge on any atom is 0.238 e. The van der Waals surface area contributed by atoms with Crippen molar-refractivity contribution in [2.75, 3.05) is 20.1 Å². The zero-order valence-electron chi connectivity index (χ0n) is 17.3. The lowest BCUT2D eigenvalue weighted by molar-refractivity contribution is 0.598. The molecule has 0 aliphatic rings. The molecule has 0 amide bonds. The Morgan fingerprint density at radius 2 is 1.80 bits per heavy atom. The minimum atomic E-state index is -3.65. The van der Waals surface area contributed by atoms with E-state index in [2.05, 4.69) is 31.2 Å². The first kappa shape index (κ1) is 21.8. The predicted molar refractivity (Wildman–Crippen MR) is 120 cm³/mol. The summed E-state index contributed by atoms with van der Waals surface area (Å²) in [7, 11) is -1.91. The summed E-state index contributed by atoms with van der Waals surface area (Å²) in [6, 6.07) is 14.8. The van der Waals surface area contributed by atoms with Gasteiger partial charge in [-0.3, -0.25) is 4.99 Å². The summed E-state index contributed by atoms with van der Waals surface area (Å²) in [6.07, 6.45) is 1.68. The van der Waals surface area contributed by atoms with Crippen LogP contribution in [0.25, 0.3) is 11.0 Å². The van der Waals surface area contributed by atoms with E-state index in [1.54, 1.807) is 19.2 Å². The van der Waals surface area contributed by atoms with Gasteiger partial charge in [-0.2, -0.15) is 0 Å². The lowest BCUT2D eigenvalue weighted by Crippen LogP contribution is -2.39. The molecule has 0 radical (unpaired) electrons. The van der Waals surface area contributed by atoms with Gasteiger partial charge in [0, 0.05) is 26.7 Å². The summed E-state index contributed by atoms with van der Waals surface area (Å²) in [5, 5.41) is 11.7. The SMILES string of the molecule is CN=C(NCCCn1c(C)nc2ccccc21)NCCc1ccc(S(N)(=O)=O)cc1. The molecule has 30 heavy (non-hydrogen) atoms. The van der Waals surface area contributed by atoms with Gasteiger partial charge in [0.2, 0.25) is 10.0 Å². The van der Waals surface area contributed by atoms with Crippen molar-refractivity contribution < 1.29 is 8.42 Å². The number of hydrogen-bond acceptors (Lipinski definition) is 4. The maximum atomic E-state index is 11.3. The molecule has 0 saturated carbocycles. The molecule has 2 aromatic carbocycles. The summed E-state index contributed by atoms with van der Waals surface area (Å²) in [5.41, 5.74) is 3.20. The van der Waals surface area contributed by atoms with Gasteiger partial charge in [-0.25, -0.2) is 18.5 Å². The Bertz CT molecular complexity index is 1120. The number of aromatic nitrogens is 2. The van der Waals surface area contributed by atoms with E-state index in [-0.39, 0.29) is 4.90 Å². The summed E-state index contributed by atoms with van der Waals surface area (Å²) < 4.78 is 24.8. The van der Waals surface area contributed by atoms with Gasteiger partial charge in [-0.15, -0.1) is 0 Å². The zero-order chi connectivity index (χ0) is 21.6. The molecule has 0 unspecified atom stereocenters. The van der Waals surface area contributed by atoms with Crippen LogP contribution in [-0.2, 0) is 23.0 Å². The van der Waals surface area contributed by atoms with E-state index in [0.717, 1.165) is 54.3 Å². The molecule has 0 bridgehead atoms.